The highest BCUT2D eigenvalue weighted by Crippen LogP contribution is 2.38. The van der Waals surface area contributed by atoms with Crippen molar-refractivity contribution in [3.63, 3.8) is 0 Å². The molecule has 19 heavy (non-hydrogen) atoms. The molecule has 0 spiro atoms. The first-order chi connectivity index (χ1) is 9.08. The summed E-state index contributed by atoms with van der Waals surface area (Å²) in [6, 6.07) is 0. The van der Waals surface area contributed by atoms with E-state index in [1.165, 1.54) is 0 Å². The second kappa shape index (κ2) is 4.85. The van der Waals surface area contributed by atoms with E-state index in [2.05, 4.69) is 5.16 Å². The minimum atomic E-state index is -0.722. The highest BCUT2D eigenvalue weighted by Gasteiger charge is 2.41. The van der Waals surface area contributed by atoms with Crippen LogP contribution >= 0.6 is 0 Å². The van der Waals surface area contributed by atoms with Crippen LogP contribution in [0.1, 0.15) is 53.9 Å². The number of ketones is 1. The molecule has 2 unspecified atom stereocenters. The molecule has 0 aromatic carbocycles. The first kappa shape index (κ1) is 13.0. The molecule has 3 rings (SSSR count). The highest BCUT2D eigenvalue weighted by molar-refractivity contribution is 7.86. The quantitative estimate of drug-likeness (QED) is 0.782. The van der Waals surface area contributed by atoms with Crippen molar-refractivity contribution >= 4 is 16.6 Å². The summed E-state index contributed by atoms with van der Waals surface area (Å²) in [6.45, 7) is 3.60. The van der Waals surface area contributed by atoms with Gasteiger partial charge in [0, 0.05) is 27.2 Å². The average Bonchev–Trinajstić information content (AvgIpc) is 2.68. The van der Waals surface area contributed by atoms with Gasteiger partial charge in [-0.2, -0.15) is 0 Å². The lowest BCUT2D eigenvalue weighted by Crippen LogP contribution is -2.41. The zero-order valence-corrected chi connectivity index (χ0v) is 12.2. The van der Waals surface area contributed by atoms with Crippen LogP contribution < -0.4 is 0 Å². The minimum Gasteiger partial charge on any atom is -0.361 e. The van der Waals surface area contributed by atoms with Crippen LogP contribution in [0.15, 0.2) is 4.52 Å². The van der Waals surface area contributed by atoms with Crippen LogP contribution in [0.2, 0.25) is 0 Å². The lowest BCUT2D eigenvalue weighted by atomic mass is 9.84. The normalized spacial score (nSPS) is 34.2. The van der Waals surface area contributed by atoms with E-state index in [9.17, 15) is 9.00 Å². The van der Waals surface area contributed by atoms with Crippen molar-refractivity contribution in [2.24, 2.45) is 5.92 Å². The van der Waals surface area contributed by atoms with Gasteiger partial charge in [0.25, 0.3) is 0 Å². The van der Waals surface area contributed by atoms with E-state index in [4.69, 9.17) is 4.52 Å². The summed E-state index contributed by atoms with van der Waals surface area (Å²) < 4.78 is 17.3. The second-order valence-electron chi connectivity index (χ2n) is 5.74. The Kier molecular flexibility index (Phi) is 3.33. The molecule has 104 valence electrons. The standard InChI is InChI=1S/C14H19NO3S/c1-8-13(9(2)18-15-8)14(16)10-6-11-4-3-5-12(7-10)19(11)17/h10-12H,3-7H2,1-2H3. The maximum Gasteiger partial charge on any atom is 0.171 e. The summed E-state index contributed by atoms with van der Waals surface area (Å²) >= 11 is 0. The van der Waals surface area contributed by atoms with Crippen molar-refractivity contribution in [3.8, 4) is 0 Å². The third-order valence-corrected chi connectivity index (χ3v) is 6.63. The number of fused-ring (bicyclic) bond motifs is 2. The molecular weight excluding hydrogens is 262 g/mol. The molecule has 2 bridgehead atoms. The molecule has 2 atom stereocenters. The highest BCUT2D eigenvalue weighted by atomic mass is 32.2. The number of carbonyl (C=O) groups excluding carboxylic acids is 1. The Hall–Kier alpha value is -0.970. The van der Waals surface area contributed by atoms with Gasteiger partial charge in [-0.25, -0.2) is 0 Å². The van der Waals surface area contributed by atoms with Crippen LogP contribution in [-0.2, 0) is 10.8 Å². The van der Waals surface area contributed by atoms with Gasteiger partial charge in [0.05, 0.1) is 11.3 Å². The Morgan fingerprint density at radius 2 is 1.89 bits per heavy atom. The molecular formula is C14H19NO3S. The summed E-state index contributed by atoms with van der Waals surface area (Å²) in [4.78, 5) is 12.6. The summed E-state index contributed by atoms with van der Waals surface area (Å²) in [6.07, 6.45) is 4.72. The second-order valence-corrected chi connectivity index (χ2v) is 7.73. The number of hydrogen-bond acceptors (Lipinski definition) is 4. The molecule has 4 nitrogen and oxygen atoms in total. The van der Waals surface area contributed by atoms with Crippen molar-refractivity contribution in [3.05, 3.63) is 17.0 Å². The fourth-order valence-electron chi connectivity index (χ4n) is 3.49. The maximum absolute atomic E-state index is 12.6. The van der Waals surface area contributed by atoms with Gasteiger partial charge in [0.15, 0.2) is 5.78 Å². The van der Waals surface area contributed by atoms with Gasteiger partial charge < -0.3 is 4.52 Å². The van der Waals surface area contributed by atoms with Gasteiger partial charge in [0.1, 0.15) is 5.76 Å². The summed E-state index contributed by atoms with van der Waals surface area (Å²) in [5.41, 5.74) is 1.33. The number of Topliss-reactive ketones (excluding diaryl/α,β-unsaturated/α-hetero) is 1. The first-order valence-corrected chi connectivity index (χ1v) is 8.22. The lowest BCUT2D eigenvalue weighted by Gasteiger charge is -2.37. The number of aryl methyl sites for hydroxylation is 2. The Morgan fingerprint density at radius 3 is 2.42 bits per heavy atom. The minimum absolute atomic E-state index is 0.00444. The fraction of sp³-hybridized carbons (Fsp3) is 0.714. The molecule has 1 aromatic heterocycles. The Labute approximate surface area is 115 Å². The van der Waals surface area contributed by atoms with Crippen LogP contribution in [0, 0.1) is 19.8 Å². The van der Waals surface area contributed by atoms with Crippen molar-refractivity contribution in [2.75, 3.05) is 0 Å². The molecule has 0 aliphatic carbocycles. The van der Waals surface area contributed by atoms with Gasteiger partial charge in [0.2, 0.25) is 0 Å². The van der Waals surface area contributed by atoms with Crippen molar-refractivity contribution in [1.29, 1.82) is 0 Å². The van der Waals surface area contributed by atoms with Gasteiger partial charge in [-0.05, 0) is 39.5 Å². The Morgan fingerprint density at radius 1 is 1.26 bits per heavy atom. The van der Waals surface area contributed by atoms with Crippen LogP contribution in [0.5, 0.6) is 0 Å². The van der Waals surface area contributed by atoms with E-state index >= 15 is 0 Å². The lowest BCUT2D eigenvalue weighted by molar-refractivity contribution is 0.0893. The van der Waals surface area contributed by atoms with Crippen LogP contribution in [0.3, 0.4) is 0 Å². The molecule has 2 aliphatic rings. The molecule has 0 amide bonds. The maximum atomic E-state index is 12.6. The predicted octanol–water partition coefficient (Wildman–Crippen LogP) is 2.55. The van der Waals surface area contributed by atoms with Gasteiger partial charge in [-0.3, -0.25) is 9.00 Å². The fourth-order valence-corrected chi connectivity index (χ4v) is 5.67. The number of hydrogen-bond donors (Lipinski definition) is 0. The van der Waals surface area contributed by atoms with Gasteiger partial charge in [-0.1, -0.05) is 11.6 Å². The zero-order valence-electron chi connectivity index (χ0n) is 11.3. The average molecular weight is 281 g/mol. The number of nitrogens with zero attached hydrogens (tertiary/aromatic N) is 1. The number of rotatable bonds is 2. The summed E-state index contributed by atoms with van der Waals surface area (Å²) in [5, 5.41) is 4.31. The molecule has 0 radical (unpaired) electrons. The van der Waals surface area contributed by atoms with E-state index in [-0.39, 0.29) is 22.2 Å². The number of carbonyl (C=O) groups is 1. The molecule has 0 N–H and O–H groups in total. The molecule has 2 saturated heterocycles. The largest absolute Gasteiger partial charge is 0.361 e. The SMILES string of the molecule is Cc1noc(C)c1C(=O)C1CC2CCCC(C1)S2=O. The van der Waals surface area contributed by atoms with E-state index in [1.54, 1.807) is 6.92 Å². The number of aromatic nitrogens is 1. The third-order valence-electron chi connectivity index (χ3n) is 4.45. The van der Waals surface area contributed by atoms with Crippen molar-refractivity contribution in [2.45, 2.75) is 56.5 Å². The molecule has 0 saturated carbocycles. The molecule has 1 aromatic rings. The van der Waals surface area contributed by atoms with E-state index in [0.717, 1.165) is 32.1 Å². The third kappa shape index (κ3) is 2.18. The van der Waals surface area contributed by atoms with Gasteiger partial charge in [-0.15, -0.1) is 0 Å². The van der Waals surface area contributed by atoms with Gasteiger partial charge >= 0.3 is 0 Å². The molecule has 2 fully saturated rings. The Bertz CT molecular complexity index is 501. The Balaban J connectivity index is 1.84. The van der Waals surface area contributed by atoms with E-state index < -0.39 is 10.8 Å². The molecule has 2 aliphatic heterocycles. The van der Waals surface area contributed by atoms with Crippen LogP contribution in [0.25, 0.3) is 0 Å². The predicted molar refractivity (Wildman–Crippen MR) is 72.6 cm³/mol. The van der Waals surface area contributed by atoms with Crippen LogP contribution in [0.4, 0.5) is 0 Å². The topological polar surface area (TPSA) is 60.2 Å². The smallest absolute Gasteiger partial charge is 0.171 e. The first-order valence-electron chi connectivity index (χ1n) is 6.94. The molecule has 5 heteroatoms. The molecule has 3 heterocycles. The monoisotopic (exact) mass is 281 g/mol. The summed E-state index contributed by atoms with van der Waals surface area (Å²) in [7, 11) is -0.722. The van der Waals surface area contributed by atoms with Crippen LogP contribution in [-0.4, -0.2) is 25.6 Å². The van der Waals surface area contributed by atoms with Crippen molar-refractivity contribution in [1.82, 2.24) is 5.16 Å². The van der Waals surface area contributed by atoms with E-state index in [0.29, 0.717) is 17.0 Å². The van der Waals surface area contributed by atoms with E-state index in [1.807, 2.05) is 6.92 Å². The summed E-state index contributed by atoms with van der Waals surface area (Å²) in [5.74, 6) is 0.758. The van der Waals surface area contributed by atoms with Crippen molar-refractivity contribution < 1.29 is 13.5 Å². The zero-order chi connectivity index (χ0) is 13.6.